The normalized spacial score (nSPS) is 19.7. The smallest absolute Gasteiger partial charge is 0.348 e. The minimum absolute atomic E-state index is 0.0655. The lowest BCUT2D eigenvalue weighted by Crippen LogP contribution is -2.41. The zero-order chi connectivity index (χ0) is 10.8. The van der Waals surface area contributed by atoms with E-state index in [0.717, 1.165) is 0 Å². The summed E-state index contributed by atoms with van der Waals surface area (Å²) in [7, 11) is 0. The van der Waals surface area contributed by atoms with Crippen LogP contribution in [0, 0.1) is 0 Å². The van der Waals surface area contributed by atoms with E-state index in [1.54, 1.807) is 6.08 Å². The van der Waals surface area contributed by atoms with Crippen molar-refractivity contribution in [1.29, 1.82) is 0 Å². The van der Waals surface area contributed by atoms with Crippen LogP contribution in [0.25, 0.3) is 0 Å². The fourth-order valence-electron chi connectivity index (χ4n) is 1.03. The first-order valence-electron chi connectivity index (χ1n) is 4.24. The van der Waals surface area contributed by atoms with Crippen LogP contribution >= 0.6 is 0 Å². The monoisotopic (exact) mass is 196 g/mol. The molecule has 1 heterocycles. The van der Waals surface area contributed by atoms with Crippen LogP contribution in [-0.4, -0.2) is 17.7 Å². The van der Waals surface area contributed by atoms with E-state index in [9.17, 15) is 9.59 Å². The topological polar surface area (TPSA) is 52.6 Å². The van der Waals surface area contributed by atoms with Crippen molar-refractivity contribution in [2.75, 3.05) is 0 Å². The van der Waals surface area contributed by atoms with E-state index < -0.39 is 17.7 Å². The molecule has 4 nitrogen and oxygen atoms in total. The van der Waals surface area contributed by atoms with Gasteiger partial charge in [-0.3, -0.25) is 0 Å². The first-order valence-corrected chi connectivity index (χ1v) is 4.24. The Morgan fingerprint density at radius 1 is 1.29 bits per heavy atom. The summed E-state index contributed by atoms with van der Waals surface area (Å²) in [6.45, 7) is 6.49. The van der Waals surface area contributed by atoms with Crippen LogP contribution in [0.2, 0.25) is 0 Å². The zero-order valence-corrected chi connectivity index (χ0v) is 8.20. The van der Waals surface area contributed by atoms with Gasteiger partial charge in [-0.25, -0.2) is 9.59 Å². The van der Waals surface area contributed by atoms with Gasteiger partial charge in [0.25, 0.3) is 5.79 Å². The van der Waals surface area contributed by atoms with Crippen molar-refractivity contribution in [3.8, 4) is 0 Å². The molecule has 1 saturated heterocycles. The van der Waals surface area contributed by atoms with Gasteiger partial charge in [0.15, 0.2) is 0 Å². The molecule has 0 aromatic rings. The van der Waals surface area contributed by atoms with Gasteiger partial charge in [0.05, 0.1) is 0 Å². The van der Waals surface area contributed by atoms with Crippen LogP contribution in [0.3, 0.4) is 0 Å². The van der Waals surface area contributed by atoms with Crippen molar-refractivity contribution in [2.24, 2.45) is 0 Å². The van der Waals surface area contributed by atoms with E-state index in [4.69, 9.17) is 9.47 Å². The lowest BCUT2D eigenvalue weighted by atomic mass is 10.2. The van der Waals surface area contributed by atoms with Crippen molar-refractivity contribution < 1.29 is 19.1 Å². The number of esters is 2. The van der Waals surface area contributed by atoms with Crippen molar-refractivity contribution in [3.05, 3.63) is 24.3 Å². The second kappa shape index (κ2) is 3.65. The maximum absolute atomic E-state index is 11.3. The Bertz CT molecular complexity index is 290. The molecular weight excluding hydrogens is 184 g/mol. The lowest BCUT2D eigenvalue weighted by molar-refractivity contribution is -0.222. The average Bonchev–Trinajstić information content (AvgIpc) is 2.00. The van der Waals surface area contributed by atoms with Crippen molar-refractivity contribution in [2.45, 2.75) is 26.1 Å². The van der Waals surface area contributed by atoms with Gasteiger partial charge in [0.1, 0.15) is 5.57 Å². The van der Waals surface area contributed by atoms with Gasteiger partial charge in [-0.15, -0.1) is 6.58 Å². The Balaban J connectivity index is 2.86. The van der Waals surface area contributed by atoms with Gasteiger partial charge < -0.3 is 9.47 Å². The average molecular weight is 196 g/mol. The first-order chi connectivity index (χ1) is 6.46. The molecule has 1 rings (SSSR count). The summed E-state index contributed by atoms with van der Waals surface area (Å²) in [5.74, 6) is -2.46. The second-order valence-electron chi connectivity index (χ2n) is 3.32. The number of hydrogen-bond acceptors (Lipinski definition) is 4. The van der Waals surface area contributed by atoms with E-state index in [1.807, 2.05) is 0 Å². The van der Waals surface area contributed by atoms with Crippen molar-refractivity contribution in [3.63, 3.8) is 0 Å². The predicted octanol–water partition coefficient (Wildman–Crippen LogP) is 1.32. The van der Waals surface area contributed by atoms with Crippen LogP contribution < -0.4 is 0 Å². The number of allylic oxidation sites excluding steroid dienone is 2. The van der Waals surface area contributed by atoms with Gasteiger partial charge in [-0.2, -0.15) is 0 Å². The molecule has 4 heteroatoms. The molecule has 0 saturated carbocycles. The summed E-state index contributed by atoms with van der Waals surface area (Å²) in [6.07, 6.45) is 3.44. The van der Waals surface area contributed by atoms with E-state index in [2.05, 4.69) is 6.58 Å². The van der Waals surface area contributed by atoms with Crippen LogP contribution in [-0.2, 0) is 19.1 Å². The maximum atomic E-state index is 11.3. The Hall–Kier alpha value is -1.58. The molecule has 0 aromatic heterocycles. The summed E-state index contributed by atoms with van der Waals surface area (Å²) < 4.78 is 9.74. The highest BCUT2D eigenvalue weighted by atomic mass is 16.7. The lowest BCUT2D eigenvalue weighted by Gasteiger charge is -2.29. The van der Waals surface area contributed by atoms with Crippen LogP contribution in [0.4, 0.5) is 0 Å². The quantitative estimate of drug-likeness (QED) is 0.289. The standard InChI is InChI=1S/C10H12O4/c1-4-5-6-7-8(11)13-10(2,3)14-9(7)12/h4,6H,1,5H2,2-3H3. The van der Waals surface area contributed by atoms with Gasteiger partial charge in [-0.1, -0.05) is 12.2 Å². The van der Waals surface area contributed by atoms with E-state index in [1.165, 1.54) is 19.9 Å². The third-order valence-corrected chi connectivity index (χ3v) is 1.61. The van der Waals surface area contributed by atoms with Gasteiger partial charge in [0, 0.05) is 13.8 Å². The molecule has 0 spiro atoms. The van der Waals surface area contributed by atoms with Crippen molar-refractivity contribution >= 4 is 11.9 Å². The Kier molecular flexibility index (Phi) is 2.74. The number of carbonyl (C=O) groups excluding carboxylic acids is 2. The molecule has 0 aliphatic carbocycles. The molecule has 14 heavy (non-hydrogen) atoms. The van der Waals surface area contributed by atoms with E-state index in [0.29, 0.717) is 6.42 Å². The largest absolute Gasteiger partial charge is 0.419 e. The number of rotatable bonds is 2. The van der Waals surface area contributed by atoms with Gasteiger partial charge >= 0.3 is 11.9 Å². The number of ether oxygens (including phenoxy) is 2. The second-order valence-corrected chi connectivity index (χ2v) is 3.32. The van der Waals surface area contributed by atoms with E-state index >= 15 is 0 Å². The van der Waals surface area contributed by atoms with E-state index in [-0.39, 0.29) is 5.57 Å². The maximum Gasteiger partial charge on any atom is 0.348 e. The third-order valence-electron chi connectivity index (χ3n) is 1.61. The summed E-state index contributed by atoms with van der Waals surface area (Å²) in [5, 5.41) is 0. The van der Waals surface area contributed by atoms with Gasteiger partial charge in [-0.05, 0) is 6.42 Å². The zero-order valence-electron chi connectivity index (χ0n) is 8.20. The number of hydrogen-bond donors (Lipinski definition) is 0. The molecule has 1 aliphatic heterocycles. The summed E-state index contributed by atoms with van der Waals surface area (Å²) in [5.41, 5.74) is -0.0655. The highest BCUT2D eigenvalue weighted by Gasteiger charge is 2.38. The molecule has 0 unspecified atom stereocenters. The fourth-order valence-corrected chi connectivity index (χ4v) is 1.03. The minimum atomic E-state index is -1.17. The number of cyclic esters (lactones) is 2. The minimum Gasteiger partial charge on any atom is -0.419 e. The summed E-state index contributed by atoms with van der Waals surface area (Å²) in [6, 6.07) is 0. The fraction of sp³-hybridized carbons (Fsp3) is 0.400. The third kappa shape index (κ3) is 2.22. The molecule has 0 bridgehead atoms. The van der Waals surface area contributed by atoms with Crippen LogP contribution in [0.15, 0.2) is 24.3 Å². The van der Waals surface area contributed by atoms with Crippen molar-refractivity contribution in [1.82, 2.24) is 0 Å². The Morgan fingerprint density at radius 2 is 1.79 bits per heavy atom. The number of carbonyl (C=O) groups is 2. The highest BCUT2D eigenvalue weighted by Crippen LogP contribution is 2.22. The van der Waals surface area contributed by atoms with Crippen LogP contribution in [0.1, 0.15) is 20.3 Å². The Morgan fingerprint density at radius 3 is 2.21 bits per heavy atom. The molecule has 1 aliphatic rings. The van der Waals surface area contributed by atoms with Crippen LogP contribution in [0.5, 0.6) is 0 Å². The molecule has 0 aromatic carbocycles. The summed E-state index contributed by atoms with van der Waals surface area (Å²) >= 11 is 0. The van der Waals surface area contributed by atoms with Gasteiger partial charge in [0.2, 0.25) is 0 Å². The first kappa shape index (κ1) is 10.5. The summed E-state index contributed by atoms with van der Waals surface area (Å²) in [4.78, 5) is 22.6. The molecular formula is C10H12O4. The Labute approximate surface area is 82.2 Å². The molecule has 0 N–H and O–H groups in total. The SMILES string of the molecule is C=CCC=C1C(=O)OC(C)(C)OC1=O. The molecule has 0 radical (unpaired) electrons. The molecule has 0 amide bonds. The predicted molar refractivity (Wildman–Crippen MR) is 49.2 cm³/mol. The molecule has 76 valence electrons. The molecule has 1 fully saturated rings. The molecule has 0 atom stereocenters. The highest BCUT2D eigenvalue weighted by molar-refractivity contribution is 6.15.